The van der Waals surface area contributed by atoms with E-state index in [2.05, 4.69) is 111 Å². The standard InChI is InChI=1S/C56H97NO5/c1-4-7-10-13-16-19-22-24-26-28-29-31-33-35-38-41-44-47-52(50-55(60)57-53(51-58)54(59)48-45-42-39-36-21-18-15-12-9-6-3)62-56(61)49-46-43-40-37-34-32-30-27-25-23-20-17-14-11-8-5-2/h7,10,16,19,24,26-27,29-32,34-35,38,52-54,58-59H,4-6,8-9,11-15,17-18,20-23,25,28,33,36-37,39-51H2,1-3H3,(H,57,60)/b10-7-,19-16-,26-24-,30-27+,31-29-,34-32+,38-35-. The largest absolute Gasteiger partial charge is 0.462 e. The number of aliphatic hydroxyl groups excluding tert-OH is 2. The number of carbonyl (C=O) groups is 2. The van der Waals surface area contributed by atoms with Gasteiger partial charge in [0.05, 0.1) is 25.2 Å². The van der Waals surface area contributed by atoms with Gasteiger partial charge >= 0.3 is 5.97 Å². The minimum absolute atomic E-state index is 0.0240. The SMILES string of the molecule is CC/C=C\C/C=C\C/C=C\C/C=C\C/C=C\CCCC(CC(=O)NC(CO)C(O)CCCCCCCCCCCC)OC(=O)CCCCC/C=C/C=C/CCCCCCCCC. The van der Waals surface area contributed by atoms with Crippen LogP contribution >= 0.6 is 0 Å². The molecule has 0 aliphatic rings. The van der Waals surface area contributed by atoms with Crippen LogP contribution in [-0.4, -0.2) is 46.9 Å². The minimum atomic E-state index is -0.810. The van der Waals surface area contributed by atoms with E-state index in [9.17, 15) is 19.8 Å². The molecule has 0 rings (SSSR count). The first kappa shape index (κ1) is 59.0. The maximum atomic E-state index is 13.2. The van der Waals surface area contributed by atoms with Crippen molar-refractivity contribution in [1.82, 2.24) is 5.32 Å². The Balaban J connectivity index is 4.76. The third-order valence-electron chi connectivity index (χ3n) is 11.2. The van der Waals surface area contributed by atoms with E-state index in [1.165, 1.54) is 89.9 Å². The molecule has 0 aliphatic carbocycles. The number of rotatable bonds is 45. The topological polar surface area (TPSA) is 95.9 Å². The lowest BCUT2D eigenvalue weighted by molar-refractivity contribution is -0.151. The first-order valence-corrected chi connectivity index (χ1v) is 25.8. The number of nitrogens with one attached hydrogen (secondary N) is 1. The zero-order valence-corrected chi connectivity index (χ0v) is 40.5. The Morgan fingerprint density at radius 2 is 0.935 bits per heavy atom. The third kappa shape index (κ3) is 43.7. The smallest absolute Gasteiger partial charge is 0.306 e. The Bertz CT molecular complexity index is 1200. The van der Waals surface area contributed by atoms with Crippen LogP contribution in [0.5, 0.6) is 0 Å². The molecule has 3 N–H and O–H groups in total. The summed E-state index contributed by atoms with van der Waals surface area (Å²) in [4.78, 5) is 26.1. The molecule has 0 fully saturated rings. The van der Waals surface area contributed by atoms with Crippen LogP contribution in [0.15, 0.2) is 85.1 Å². The maximum Gasteiger partial charge on any atom is 0.306 e. The van der Waals surface area contributed by atoms with Crippen LogP contribution in [0.3, 0.4) is 0 Å². The van der Waals surface area contributed by atoms with Gasteiger partial charge < -0.3 is 20.3 Å². The molecule has 0 saturated carbocycles. The second-order valence-electron chi connectivity index (χ2n) is 17.2. The van der Waals surface area contributed by atoms with Gasteiger partial charge in [-0.2, -0.15) is 0 Å². The first-order chi connectivity index (χ1) is 30.5. The number of ether oxygens (including phenoxy) is 1. The van der Waals surface area contributed by atoms with E-state index in [1.807, 2.05) is 0 Å². The third-order valence-corrected chi connectivity index (χ3v) is 11.2. The van der Waals surface area contributed by atoms with Crippen molar-refractivity contribution in [3.8, 4) is 0 Å². The number of unbranched alkanes of at least 4 members (excludes halogenated alkanes) is 20. The zero-order chi connectivity index (χ0) is 45.2. The van der Waals surface area contributed by atoms with E-state index >= 15 is 0 Å². The van der Waals surface area contributed by atoms with Gasteiger partial charge in [0.2, 0.25) is 5.91 Å². The van der Waals surface area contributed by atoms with Gasteiger partial charge in [0, 0.05) is 6.42 Å². The van der Waals surface area contributed by atoms with Crippen molar-refractivity contribution in [2.24, 2.45) is 0 Å². The highest BCUT2D eigenvalue weighted by Crippen LogP contribution is 2.16. The summed E-state index contributed by atoms with van der Waals surface area (Å²) in [5.74, 6) is -0.566. The second kappa shape index (κ2) is 49.1. The first-order valence-electron chi connectivity index (χ1n) is 25.8. The Hall–Kier alpha value is -2.96. The summed E-state index contributed by atoms with van der Waals surface area (Å²) in [6, 6.07) is -0.728. The summed E-state index contributed by atoms with van der Waals surface area (Å²) in [6.45, 7) is 6.32. The van der Waals surface area contributed by atoms with Gasteiger partial charge in [-0.25, -0.2) is 0 Å². The van der Waals surface area contributed by atoms with Crippen molar-refractivity contribution in [3.05, 3.63) is 85.1 Å². The number of amides is 1. The van der Waals surface area contributed by atoms with E-state index < -0.39 is 18.2 Å². The summed E-state index contributed by atoms with van der Waals surface area (Å²) in [5.41, 5.74) is 0. The van der Waals surface area contributed by atoms with Crippen LogP contribution in [-0.2, 0) is 14.3 Å². The Labute approximate surface area is 383 Å². The maximum absolute atomic E-state index is 13.2. The van der Waals surface area contributed by atoms with Crippen molar-refractivity contribution in [3.63, 3.8) is 0 Å². The fraction of sp³-hybridized carbons (Fsp3) is 0.714. The van der Waals surface area contributed by atoms with Gasteiger partial charge in [-0.15, -0.1) is 0 Å². The molecule has 0 spiro atoms. The molecule has 6 nitrogen and oxygen atoms in total. The van der Waals surface area contributed by atoms with Gasteiger partial charge in [0.1, 0.15) is 6.10 Å². The molecule has 356 valence electrons. The monoisotopic (exact) mass is 864 g/mol. The predicted molar refractivity (Wildman–Crippen MR) is 268 cm³/mol. The van der Waals surface area contributed by atoms with Crippen LogP contribution in [0.25, 0.3) is 0 Å². The number of esters is 1. The van der Waals surface area contributed by atoms with Crippen LogP contribution < -0.4 is 5.32 Å². The summed E-state index contributed by atoms with van der Waals surface area (Å²) in [7, 11) is 0. The lowest BCUT2D eigenvalue weighted by Gasteiger charge is -2.24. The Morgan fingerprint density at radius 1 is 0.500 bits per heavy atom. The van der Waals surface area contributed by atoms with Crippen molar-refractivity contribution < 1.29 is 24.5 Å². The molecule has 0 heterocycles. The summed E-state index contributed by atoms with van der Waals surface area (Å²) < 4.78 is 5.89. The van der Waals surface area contributed by atoms with Crippen LogP contribution in [0.4, 0.5) is 0 Å². The number of allylic oxidation sites excluding steroid dienone is 14. The molecule has 1 amide bonds. The minimum Gasteiger partial charge on any atom is -0.462 e. The normalized spacial score (nSPS) is 14.0. The number of hydrogen-bond acceptors (Lipinski definition) is 5. The molecule has 3 unspecified atom stereocenters. The van der Waals surface area contributed by atoms with Gasteiger partial charge in [-0.3, -0.25) is 9.59 Å². The van der Waals surface area contributed by atoms with Crippen molar-refractivity contribution >= 4 is 11.9 Å². The van der Waals surface area contributed by atoms with Crippen molar-refractivity contribution in [2.75, 3.05) is 6.61 Å². The van der Waals surface area contributed by atoms with Crippen molar-refractivity contribution in [1.29, 1.82) is 0 Å². The van der Waals surface area contributed by atoms with Gasteiger partial charge in [0.15, 0.2) is 0 Å². The molecular weight excluding hydrogens is 767 g/mol. The summed E-state index contributed by atoms with van der Waals surface area (Å²) in [5, 5.41) is 23.7. The van der Waals surface area contributed by atoms with Gasteiger partial charge in [-0.1, -0.05) is 215 Å². The quantitative estimate of drug-likeness (QED) is 0.0245. The fourth-order valence-electron chi connectivity index (χ4n) is 7.33. The van der Waals surface area contributed by atoms with E-state index in [0.29, 0.717) is 19.3 Å². The average Bonchev–Trinajstić information content (AvgIpc) is 3.26. The number of aliphatic hydroxyl groups is 2. The Morgan fingerprint density at radius 3 is 1.44 bits per heavy atom. The second-order valence-corrected chi connectivity index (χ2v) is 17.2. The van der Waals surface area contributed by atoms with Gasteiger partial charge in [0.25, 0.3) is 0 Å². The molecule has 0 bridgehead atoms. The zero-order valence-electron chi connectivity index (χ0n) is 40.5. The molecular formula is C56H97NO5. The van der Waals surface area contributed by atoms with E-state index in [0.717, 1.165) is 96.3 Å². The molecule has 62 heavy (non-hydrogen) atoms. The van der Waals surface area contributed by atoms with E-state index in [1.54, 1.807) is 0 Å². The fourth-order valence-corrected chi connectivity index (χ4v) is 7.33. The summed E-state index contributed by atoms with van der Waals surface area (Å²) >= 11 is 0. The Kier molecular flexibility index (Phi) is 46.7. The molecule has 6 heteroatoms. The highest BCUT2D eigenvalue weighted by molar-refractivity contribution is 5.77. The van der Waals surface area contributed by atoms with Crippen LogP contribution in [0, 0.1) is 0 Å². The van der Waals surface area contributed by atoms with E-state index in [-0.39, 0.29) is 24.9 Å². The highest BCUT2D eigenvalue weighted by atomic mass is 16.5. The van der Waals surface area contributed by atoms with Crippen LogP contribution in [0.2, 0.25) is 0 Å². The lowest BCUT2D eigenvalue weighted by atomic mass is 10.0. The molecule has 3 atom stereocenters. The van der Waals surface area contributed by atoms with E-state index in [4.69, 9.17) is 4.74 Å². The van der Waals surface area contributed by atoms with Gasteiger partial charge in [-0.05, 0) is 89.9 Å². The molecule has 0 aliphatic heterocycles. The van der Waals surface area contributed by atoms with Crippen molar-refractivity contribution in [2.45, 2.75) is 251 Å². The van der Waals surface area contributed by atoms with Crippen LogP contribution in [0.1, 0.15) is 233 Å². The molecule has 0 aromatic heterocycles. The molecule has 0 saturated heterocycles. The predicted octanol–water partition coefficient (Wildman–Crippen LogP) is 15.6. The number of hydrogen-bond donors (Lipinski definition) is 3. The molecule has 0 radical (unpaired) electrons. The lowest BCUT2D eigenvalue weighted by Crippen LogP contribution is -2.46. The highest BCUT2D eigenvalue weighted by Gasteiger charge is 2.24. The summed E-state index contributed by atoms with van der Waals surface area (Å²) in [6.07, 6.45) is 63.6. The molecule has 0 aromatic carbocycles. The molecule has 0 aromatic rings. The average molecular weight is 864 g/mol. The number of carbonyl (C=O) groups excluding carboxylic acids is 2.